The average molecular weight is 310 g/mol. The summed E-state index contributed by atoms with van der Waals surface area (Å²) in [7, 11) is 3.28. The van der Waals surface area contributed by atoms with Crippen molar-refractivity contribution in [1.29, 1.82) is 0 Å². The molecule has 1 rings (SSSR count). The van der Waals surface area contributed by atoms with E-state index in [4.69, 9.17) is 15.6 Å². The van der Waals surface area contributed by atoms with Crippen molar-refractivity contribution in [2.45, 2.75) is 26.7 Å². The SMILES string of the molecule is CC(=O)CC(=O)O.CCC(=O)N(C)c1ccc(N)cc1OC. The van der Waals surface area contributed by atoms with Gasteiger partial charge in [0.15, 0.2) is 0 Å². The number of carbonyl (C=O) groups excluding carboxylic acids is 2. The molecule has 0 heterocycles. The van der Waals surface area contributed by atoms with Crippen molar-refractivity contribution >= 4 is 29.0 Å². The number of carboxylic acid groups (broad SMARTS) is 1. The lowest BCUT2D eigenvalue weighted by Crippen LogP contribution is -2.25. The van der Waals surface area contributed by atoms with E-state index in [1.807, 2.05) is 6.92 Å². The van der Waals surface area contributed by atoms with Crippen LogP contribution in [0.15, 0.2) is 18.2 Å². The zero-order chi connectivity index (χ0) is 17.3. The fourth-order valence-electron chi connectivity index (χ4n) is 1.56. The number of carboxylic acids is 1. The number of nitrogens with zero attached hydrogens (tertiary/aromatic N) is 1. The Morgan fingerprint density at radius 2 is 1.91 bits per heavy atom. The van der Waals surface area contributed by atoms with Crippen molar-refractivity contribution in [2.24, 2.45) is 0 Å². The lowest BCUT2D eigenvalue weighted by molar-refractivity contribution is -0.139. The van der Waals surface area contributed by atoms with Crippen LogP contribution in [-0.2, 0) is 14.4 Å². The molecule has 3 N–H and O–H groups in total. The van der Waals surface area contributed by atoms with Gasteiger partial charge in [-0.15, -0.1) is 0 Å². The Balaban J connectivity index is 0.000000534. The third-order valence-corrected chi connectivity index (χ3v) is 2.64. The van der Waals surface area contributed by atoms with Gasteiger partial charge >= 0.3 is 5.97 Å². The molecule has 0 aliphatic heterocycles. The van der Waals surface area contributed by atoms with Crippen LogP contribution in [0.5, 0.6) is 5.75 Å². The Kier molecular flexibility index (Phi) is 8.29. The maximum absolute atomic E-state index is 11.5. The lowest BCUT2D eigenvalue weighted by Gasteiger charge is -2.19. The number of methoxy groups -OCH3 is 1. The van der Waals surface area contributed by atoms with Gasteiger partial charge < -0.3 is 20.5 Å². The number of ether oxygens (including phenoxy) is 1. The van der Waals surface area contributed by atoms with Crippen LogP contribution >= 0.6 is 0 Å². The van der Waals surface area contributed by atoms with Gasteiger partial charge in [0.25, 0.3) is 0 Å². The summed E-state index contributed by atoms with van der Waals surface area (Å²) in [4.78, 5) is 32.5. The maximum Gasteiger partial charge on any atom is 0.310 e. The van der Waals surface area contributed by atoms with E-state index in [2.05, 4.69) is 0 Å². The molecule has 0 aliphatic rings. The summed E-state index contributed by atoms with van der Waals surface area (Å²) >= 11 is 0. The molecule has 0 fully saturated rings. The van der Waals surface area contributed by atoms with Gasteiger partial charge in [-0.2, -0.15) is 0 Å². The first-order valence-corrected chi connectivity index (χ1v) is 6.64. The van der Waals surface area contributed by atoms with E-state index in [9.17, 15) is 14.4 Å². The summed E-state index contributed by atoms with van der Waals surface area (Å²) in [6.07, 6.45) is 0.101. The van der Waals surface area contributed by atoms with Crippen molar-refractivity contribution in [1.82, 2.24) is 0 Å². The predicted octanol–water partition coefficient (Wildman–Crippen LogP) is 1.70. The zero-order valence-corrected chi connectivity index (χ0v) is 13.3. The number of Topliss-reactive ketones (excluding diaryl/α,β-unsaturated/α-hetero) is 1. The molecule has 0 spiro atoms. The number of nitrogen functional groups attached to an aromatic ring is 1. The van der Waals surface area contributed by atoms with E-state index in [1.165, 1.54) is 6.92 Å². The molecule has 1 aromatic carbocycles. The molecule has 22 heavy (non-hydrogen) atoms. The van der Waals surface area contributed by atoms with Crippen molar-refractivity contribution < 1.29 is 24.2 Å². The van der Waals surface area contributed by atoms with Gasteiger partial charge in [-0.25, -0.2) is 0 Å². The van der Waals surface area contributed by atoms with Crippen LogP contribution in [0, 0.1) is 0 Å². The number of ketones is 1. The third kappa shape index (κ3) is 6.74. The molecular formula is C15H22N2O5. The van der Waals surface area contributed by atoms with Gasteiger partial charge in [0, 0.05) is 25.2 Å². The molecule has 1 amide bonds. The summed E-state index contributed by atoms with van der Waals surface area (Å²) in [5, 5.41) is 7.86. The minimum Gasteiger partial charge on any atom is -0.494 e. The van der Waals surface area contributed by atoms with Crippen LogP contribution in [-0.4, -0.2) is 36.9 Å². The smallest absolute Gasteiger partial charge is 0.310 e. The minimum absolute atomic E-state index is 0.0399. The Morgan fingerprint density at radius 3 is 2.27 bits per heavy atom. The minimum atomic E-state index is -1.06. The van der Waals surface area contributed by atoms with Gasteiger partial charge in [-0.05, 0) is 19.1 Å². The summed E-state index contributed by atoms with van der Waals surface area (Å²) in [5.41, 5.74) is 6.98. The number of carbonyl (C=O) groups is 3. The van der Waals surface area contributed by atoms with Crippen LogP contribution in [0.2, 0.25) is 0 Å². The monoisotopic (exact) mass is 310 g/mol. The van der Waals surface area contributed by atoms with Gasteiger partial charge in [0.05, 0.1) is 12.8 Å². The molecule has 122 valence electrons. The molecule has 0 bridgehead atoms. The number of aliphatic carboxylic acids is 1. The molecule has 7 heteroatoms. The molecule has 1 aromatic rings. The first kappa shape index (κ1) is 19.4. The first-order chi connectivity index (χ1) is 10.2. The van der Waals surface area contributed by atoms with E-state index >= 15 is 0 Å². The van der Waals surface area contributed by atoms with Gasteiger partial charge in [0.2, 0.25) is 5.91 Å². The van der Waals surface area contributed by atoms with Crippen LogP contribution < -0.4 is 15.4 Å². The Labute approximate surface area is 129 Å². The Hall–Kier alpha value is -2.57. The van der Waals surface area contributed by atoms with E-state index in [0.29, 0.717) is 17.9 Å². The molecule has 7 nitrogen and oxygen atoms in total. The lowest BCUT2D eigenvalue weighted by atomic mass is 10.2. The number of hydrogen-bond donors (Lipinski definition) is 2. The van der Waals surface area contributed by atoms with E-state index in [1.54, 1.807) is 37.3 Å². The number of anilines is 2. The van der Waals surface area contributed by atoms with Crippen LogP contribution in [0.3, 0.4) is 0 Å². The van der Waals surface area contributed by atoms with Crippen molar-refractivity contribution in [3.05, 3.63) is 18.2 Å². The van der Waals surface area contributed by atoms with Gasteiger partial charge in [0.1, 0.15) is 18.0 Å². The fourth-order valence-corrected chi connectivity index (χ4v) is 1.56. The van der Waals surface area contributed by atoms with E-state index in [0.717, 1.165) is 5.69 Å². The quantitative estimate of drug-likeness (QED) is 0.632. The maximum atomic E-state index is 11.5. The predicted molar refractivity (Wildman–Crippen MR) is 84.0 cm³/mol. The number of nitrogens with two attached hydrogens (primary N) is 1. The third-order valence-electron chi connectivity index (χ3n) is 2.64. The molecule has 0 atom stereocenters. The molecule has 0 aliphatic carbocycles. The highest BCUT2D eigenvalue weighted by molar-refractivity contribution is 5.94. The molecule has 0 radical (unpaired) electrons. The molecule has 0 saturated heterocycles. The second kappa shape index (κ2) is 9.38. The topological polar surface area (TPSA) is 110 Å². The van der Waals surface area contributed by atoms with Gasteiger partial charge in [-0.3, -0.25) is 14.4 Å². The molecule has 0 aromatic heterocycles. The summed E-state index contributed by atoms with van der Waals surface area (Å²) in [5.74, 6) is -0.725. The summed E-state index contributed by atoms with van der Waals surface area (Å²) in [6.45, 7) is 3.07. The van der Waals surface area contributed by atoms with Crippen LogP contribution in [0.4, 0.5) is 11.4 Å². The largest absolute Gasteiger partial charge is 0.494 e. The highest BCUT2D eigenvalue weighted by Crippen LogP contribution is 2.29. The second-order valence-electron chi connectivity index (χ2n) is 4.51. The second-order valence-corrected chi connectivity index (χ2v) is 4.51. The fraction of sp³-hybridized carbons (Fsp3) is 0.400. The standard InChI is InChI=1S/C11H16N2O2.C4H6O3/c1-4-11(14)13(2)9-6-5-8(12)7-10(9)15-3;1-3(5)2-4(6)7/h5-7H,4,12H2,1-3H3;2H2,1H3,(H,6,7). The average Bonchev–Trinajstić information content (AvgIpc) is 2.44. The van der Waals surface area contributed by atoms with Crippen molar-refractivity contribution in [3.8, 4) is 5.75 Å². The Morgan fingerprint density at radius 1 is 1.32 bits per heavy atom. The number of benzene rings is 1. The van der Waals surface area contributed by atoms with Crippen molar-refractivity contribution in [2.75, 3.05) is 24.8 Å². The number of rotatable bonds is 5. The van der Waals surface area contributed by atoms with Crippen LogP contribution in [0.25, 0.3) is 0 Å². The molecular weight excluding hydrogens is 288 g/mol. The Bertz CT molecular complexity index is 531. The summed E-state index contributed by atoms with van der Waals surface area (Å²) in [6, 6.07) is 5.23. The van der Waals surface area contributed by atoms with E-state index < -0.39 is 5.97 Å². The number of amides is 1. The van der Waals surface area contributed by atoms with Crippen molar-refractivity contribution in [3.63, 3.8) is 0 Å². The normalized spacial score (nSPS) is 9.27. The highest BCUT2D eigenvalue weighted by atomic mass is 16.5. The zero-order valence-electron chi connectivity index (χ0n) is 13.3. The first-order valence-electron chi connectivity index (χ1n) is 6.64. The highest BCUT2D eigenvalue weighted by Gasteiger charge is 2.13. The van der Waals surface area contributed by atoms with Gasteiger partial charge in [-0.1, -0.05) is 6.92 Å². The summed E-state index contributed by atoms with van der Waals surface area (Å²) < 4.78 is 5.17. The van der Waals surface area contributed by atoms with E-state index in [-0.39, 0.29) is 18.1 Å². The number of hydrogen-bond acceptors (Lipinski definition) is 5. The van der Waals surface area contributed by atoms with Crippen LogP contribution in [0.1, 0.15) is 26.7 Å². The molecule has 0 unspecified atom stereocenters. The molecule has 0 saturated carbocycles.